The Morgan fingerprint density at radius 3 is 2.80 bits per heavy atom. The van der Waals surface area contributed by atoms with Crippen LogP contribution in [0.25, 0.3) is 10.3 Å². The molecular formula is C22H24N6OS. The van der Waals surface area contributed by atoms with Crippen LogP contribution in [0, 0.1) is 31.1 Å². The van der Waals surface area contributed by atoms with Gasteiger partial charge < -0.3 is 14.4 Å². The number of aromatic nitrogens is 3. The second kappa shape index (κ2) is 7.10. The van der Waals surface area contributed by atoms with Crippen LogP contribution >= 0.6 is 11.3 Å². The highest BCUT2D eigenvalue weighted by molar-refractivity contribution is 7.18. The normalized spacial score (nSPS) is 21.1. The molecule has 0 aliphatic carbocycles. The highest BCUT2D eigenvalue weighted by Gasteiger charge is 2.40. The maximum atomic E-state index is 12.9. The Balaban J connectivity index is 1.51. The van der Waals surface area contributed by atoms with Crippen LogP contribution in [0.3, 0.4) is 0 Å². The number of aryl methyl sites for hydroxylation is 3. The molecule has 5 rings (SSSR count). The molecule has 0 aromatic carbocycles. The monoisotopic (exact) mass is 420 g/mol. The molecule has 2 aliphatic heterocycles. The van der Waals surface area contributed by atoms with Crippen LogP contribution in [0.2, 0.25) is 0 Å². The molecule has 2 atom stereocenters. The lowest BCUT2D eigenvalue weighted by atomic mass is 9.92. The largest absolute Gasteiger partial charge is 0.368 e. The van der Waals surface area contributed by atoms with Gasteiger partial charge in [0.15, 0.2) is 0 Å². The lowest BCUT2D eigenvalue weighted by molar-refractivity contribution is 0.395. The molecule has 3 aromatic heterocycles. The fourth-order valence-electron chi connectivity index (χ4n) is 5.05. The minimum atomic E-state index is -0.234. The van der Waals surface area contributed by atoms with E-state index in [1.54, 1.807) is 11.6 Å². The molecule has 7 nitrogen and oxygen atoms in total. The van der Waals surface area contributed by atoms with Crippen molar-refractivity contribution in [2.24, 2.45) is 13.0 Å². The summed E-state index contributed by atoms with van der Waals surface area (Å²) in [6, 6.07) is 8.81. The fraction of sp³-hybridized carbons (Fsp3) is 0.455. The van der Waals surface area contributed by atoms with Crippen LogP contribution in [0.15, 0.2) is 23.0 Å². The van der Waals surface area contributed by atoms with E-state index in [1.807, 2.05) is 19.9 Å². The molecule has 5 heterocycles. The Morgan fingerprint density at radius 2 is 2.03 bits per heavy atom. The van der Waals surface area contributed by atoms with Crippen molar-refractivity contribution >= 4 is 33.2 Å². The first kappa shape index (κ1) is 19.1. The Labute approximate surface area is 179 Å². The number of hydrogen-bond donors (Lipinski definition) is 0. The molecule has 8 heteroatoms. The third kappa shape index (κ3) is 2.88. The van der Waals surface area contributed by atoms with Gasteiger partial charge in [0.1, 0.15) is 27.8 Å². The maximum absolute atomic E-state index is 12.9. The average molecular weight is 421 g/mol. The van der Waals surface area contributed by atoms with E-state index in [0.29, 0.717) is 12.0 Å². The highest BCUT2D eigenvalue weighted by atomic mass is 32.1. The first-order valence-corrected chi connectivity index (χ1v) is 11.1. The van der Waals surface area contributed by atoms with Crippen molar-refractivity contribution in [2.45, 2.75) is 32.7 Å². The number of hydrogen-bond acceptors (Lipinski definition) is 7. The molecule has 3 aromatic rings. The van der Waals surface area contributed by atoms with Crippen molar-refractivity contribution in [1.29, 1.82) is 5.26 Å². The SMILES string of the molecule is Cc1cccc(N2CC[C@@H]3CN(c4c(C#N)c(=O)n(C)c5sc(C)nc45)CC[C@@H]32)n1. The van der Waals surface area contributed by atoms with Gasteiger partial charge in [-0.15, -0.1) is 11.3 Å². The molecule has 0 radical (unpaired) electrons. The summed E-state index contributed by atoms with van der Waals surface area (Å²) in [4.78, 5) is 27.8. The topological polar surface area (TPSA) is 78.0 Å². The van der Waals surface area contributed by atoms with Gasteiger partial charge in [0.2, 0.25) is 0 Å². The summed E-state index contributed by atoms with van der Waals surface area (Å²) in [5.41, 5.74) is 2.52. The Kier molecular flexibility index (Phi) is 4.51. The number of fused-ring (bicyclic) bond motifs is 2. The number of pyridine rings is 2. The molecular weight excluding hydrogens is 396 g/mol. The molecule has 2 saturated heterocycles. The van der Waals surface area contributed by atoms with Gasteiger partial charge in [0.25, 0.3) is 5.56 Å². The number of rotatable bonds is 2. The van der Waals surface area contributed by atoms with E-state index in [-0.39, 0.29) is 11.1 Å². The van der Waals surface area contributed by atoms with Gasteiger partial charge >= 0.3 is 0 Å². The fourth-order valence-corrected chi connectivity index (χ4v) is 5.92. The summed E-state index contributed by atoms with van der Waals surface area (Å²) in [6.07, 6.45) is 2.06. The second-order valence-electron chi connectivity index (χ2n) is 8.27. The van der Waals surface area contributed by atoms with E-state index in [2.05, 4.69) is 28.0 Å². The van der Waals surface area contributed by atoms with Gasteiger partial charge in [0, 0.05) is 38.4 Å². The molecule has 0 bridgehead atoms. The number of piperidine rings is 1. The second-order valence-corrected chi connectivity index (χ2v) is 9.45. The molecule has 2 fully saturated rings. The van der Waals surface area contributed by atoms with Gasteiger partial charge in [0.05, 0.1) is 10.7 Å². The first-order chi connectivity index (χ1) is 14.5. The summed E-state index contributed by atoms with van der Waals surface area (Å²) in [6.45, 7) is 6.60. The van der Waals surface area contributed by atoms with Crippen LogP contribution in [0.1, 0.15) is 29.1 Å². The third-order valence-corrected chi connectivity index (χ3v) is 7.48. The summed E-state index contributed by atoms with van der Waals surface area (Å²) >= 11 is 1.51. The lowest BCUT2D eigenvalue weighted by Crippen LogP contribution is -2.47. The minimum Gasteiger partial charge on any atom is -0.368 e. The number of anilines is 2. The minimum absolute atomic E-state index is 0.212. The lowest BCUT2D eigenvalue weighted by Gasteiger charge is -2.39. The van der Waals surface area contributed by atoms with E-state index < -0.39 is 0 Å². The molecule has 30 heavy (non-hydrogen) atoms. The molecule has 0 amide bonds. The van der Waals surface area contributed by atoms with E-state index in [0.717, 1.165) is 65.0 Å². The van der Waals surface area contributed by atoms with Crippen molar-refractivity contribution in [3.05, 3.63) is 44.8 Å². The van der Waals surface area contributed by atoms with Crippen molar-refractivity contribution in [2.75, 3.05) is 29.4 Å². The highest BCUT2D eigenvalue weighted by Crippen LogP contribution is 2.39. The zero-order chi connectivity index (χ0) is 21.0. The van der Waals surface area contributed by atoms with Gasteiger partial charge in [-0.25, -0.2) is 9.97 Å². The van der Waals surface area contributed by atoms with Crippen molar-refractivity contribution in [3.8, 4) is 6.07 Å². The summed E-state index contributed by atoms with van der Waals surface area (Å²) < 4.78 is 1.56. The summed E-state index contributed by atoms with van der Waals surface area (Å²) in [5.74, 6) is 1.53. The molecule has 0 spiro atoms. The van der Waals surface area contributed by atoms with E-state index in [9.17, 15) is 10.1 Å². The standard InChI is InChI=1S/C22H24N6OS/c1-13-5-4-6-18(24-13)28-10-7-15-12-27(9-8-17(15)28)20-16(11-23)21(29)26(3)22-19(20)25-14(2)30-22/h4-6,15,17H,7-10,12H2,1-3H3/t15-,17+/m1/s1. The maximum Gasteiger partial charge on any atom is 0.271 e. The van der Waals surface area contributed by atoms with Crippen molar-refractivity contribution in [1.82, 2.24) is 14.5 Å². The van der Waals surface area contributed by atoms with Crippen molar-refractivity contribution < 1.29 is 0 Å². The van der Waals surface area contributed by atoms with Gasteiger partial charge in [-0.2, -0.15) is 5.26 Å². The molecule has 154 valence electrons. The average Bonchev–Trinajstić information content (AvgIpc) is 3.33. The van der Waals surface area contributed by atoms with Gasteiger partial charge in [-0.3, -0.25) is 4.79 Å². The smallest absolute Gasteiger partial charge is 0.271 e. The predicted octanol–water partition coefficient (Wildman–Crippen LogP) is 2.98. The summed E-state index contributed by atoms with van der Waals surface area (Å²) in [5, 5.41) is 10.7. The molecule has 0 unspecified atom stereocenters. The van der Waals surface area contributed by atoms with Gasteiger partial charge in [-0.05, 0) is 44.7 Å². The Hall–Kier alpha value is -2.92. The zero-order valence-electron chi connectivity index (χ0n) is 17.4. The predicted molar refractivity (Wildman–Crippen MR) is 119 cm³/mol. The van der Waals surface area contributed by atoms with Crippen LogP contribution in [-0.2, 0) is 7.05 Å². The summed E-state index contributed by atoms with van der Waals surface area (Å²) in [7, 11) is 1.73. The van der Waals surface area contributed by atoms with E-state index >= 15 is 0 Å². The van der Waals surface area contributed by atoms with E-state index in [1.165, 1.54) is 11.3 Å². The third-order valence-electron chi connectivity index (χ3n) is 6.43. The number of thiazole rings is 1. The number of nitriles is 1. The van der Waals surface area contributed by atoms with Crippen LogP contribution < -0.4 is 15.4 Å². The Morgan fingerprint density at radius 1 is 1.20 bits per heavy atom. The Bertz CT molecular complexity index is 1240. The van der Waals surface area contributed by atoms with Crippen LogP contribution in [0.5, 0.6) is 0 Å². The van der Waals surface area contributed by atoms with Crippen LogP contribution in [0.4, 0.5) is 11.5 Å². The number of nitrogens with zero attached hydrogens (tertiary/aromatic N) is 6. The molecule has 2 aliphatic rings. The van der Waals surface area contributed by atoms with Gasteiger partial charge in [-0.1, -0.05) is 6.07 Å². The molecule has 0 N–H and O–H groups in total. The quantitative estimate of drug-likeness (QED) is 0.634. The van der Waals surface area contributed by atoms with E-state index in [4.69, 9.17) is 9.97 Å². The van der Waals surface area contributed by atoms with Crippen molar-refractivity contribution in [3.63, 3.8) is 0 Å². The zero-order valence-corrected chi connectivity index (χ0v) is 18.2. The van der Waals surface area contributed by atoms with Crippen LogP contribution in [-0.4, -0.2) is 40.2 Å². The first-order valence-electron chi connectivity index (χ1n) is 10.3. The molecule has 0 saturated carbocycles.